The van der Waals surface area contributed by atoms with Crippen molar-refractivity contribution in [3.8, 4) is 0 Å². The summed E-state index contributed by atoms with van der Waals surface area (Å²) in [6, 6.07) is 0. The third-order valence-corrected chi connectivity index (χ3v) is 1.00. The monoisotopic (exact) mass is 299 g/mol. The van der Waals surface area contributed by atoms with E-state index in [-0.39, 0.29) is 20.1 Å². The quantitative estimate of drug-likeness (QED) is 0.554. The van der Waals surface area contributed by atoms with Crippen LogP contribution in [0.2, 0.25) is 0 Å². The molecular formula is C5H11ClIr. The molecule has 1 radical (unpaired) electrons. The molecule has 0 aliphatic heterocycles. The van der Waals surface area contributed by atoms with Crippen LogP contribution in [-0.4, -0.2) is 5.88 Å². The van der Waals surface area contributed by atoms with Crippen LogP contribution >= 0.6 is 11.6 Å². The minimum atomic E-state index is 0. The van der Waals surface area contributed by atoms with Crippen molar-refractivity contribution < 1.29 is 20.1 Å². The van der Waals surface area contributed by atoms with Crippen molar-refractivity contribution in [2.24, 2.45) is 0 Å². The fraction of sp³-hybridized carbons (Fsp3) is 1.00. The number of hydrogen-bond acceptors (Lipinski definition) is 0. The molecule has 0 aromatic heterocycles. The molecule has 0 bridgehead atoms. The zero-order valence-electron chi connectivity index (χ0n) is 4.54. The molecule has 0 heterocycles. The Hall–Kier alpha value is 0.939. The van der Waals surface area contributed by atoms with Crippen molar-refractivity contribution in [1.82, 2.24) is 0 Å². The van der Waals surface area contributed by atoms with Gasteiger partial charge in [0.1, 0.15) is 0 Å². The van der Waals surface area contributed by atoms with Crippen LogP contribution in [0.1, 0.15) is 26.2 Å². The van der Waals surface area contributed by atoms with Crippen molar-refractivity contribution >= 4 is 11.6 Å². The van der Waals surface area contributed by atoms with E-state index in [0.717, 1.165) is 5.88 Å². The van der Waals surface area contributed by atoms with Crippen LogP contribution < -0.4 is 0 Å². The zero-order chi connectivity index (χ0) is 4.83. The van der Waals surface area contributed by atoms with Crippen LogP contribution in [0.3, 0.4) is 0 Å². The van der Waals surface area contributed by atoms with Gasteiger partial charge in [-0.25, -0.2) is 0 Å². The van der Waals surface area contributed by atoms with Crippen LogP contribution in [0.25, 0.3) is 0 Å². The van der Waals surface area contributed by atoms with Crippen molar-refractivity contribution in [2.45, 2.75) is 26.2 Å². The summed E-state index contributed by atoms with van der Waals surface area (Å²) < 4.78 is 0. The number of alkyl halides is 1. The Bertz CT molecular complexity index is 20.0. The van der Waals surface area contributed by atoms with E-state index in [4.69, 9.17) is 11.6 Å². The van der Waals surface area contributed by atoms with Gasteiger partial charge < -0.3 is 0 Å². The number of unbranched alkanes of at least 4 members (excludes halogenated alkanes) is 2. The first kappa shape index (κ1) is 10.8. The Balaban J connectivity index is 0. The second-order valence-electron chi connectivity index (χ2n) is 1.40. The first-order valence-electron chi connectivity index (χ1n) is 2.47. The average molecular weight is 299 g/mol. The van der Waals surface area contributed by atoms with Crippen molar-refractivity contribution in [3.05, 3.63) is 0 Å². The molecule has 0 fully saturated rings. The molecule has 0 atom stereocenters. The molecule has 0 rings (SSSR count). The van der Waals surface area contributed by atoms with Gasteiger partial charge in [-0.2, -0.15) is 0 Å². The maximum Gasteiger partial charge on any atom is 0.0223 e. The Kier molecular flexibility index (Phi) is 15.5. The molecule has 0 unspecified atom stereocenters. The summed E-state index contributed by atoms with van der Waals surface area (Å²) in [7, 11) is 0. The molecule has 0 aliphatic carbocycles. The molecule has 0 saturated carbocycles. The fourth-order valence-electron chi connectivity index (χ4n) is 0.344. The van der Waals surface area contributed by atoms with Gasteiger partial charge in [0.25, 0.3) is 0 Å². The minimum absolute atomic E-state index is 0. The van der Waals surface area contributed by atoms with E-state index in [2.05, 4.69) is 6.92 Å². The van der Waals surface area contributed by atoms with E-state index in [1.807, 2.05) is 0 Å². The Morgan fingerprint density at radius 2 is 1.86 bits per heavy atom. The number of halogens is 1. The van der Waals surface area contributed by atoms with Crippen molar-refractivity contribution in [1.29, 1.82) is 0 Å². The van der Waals surface area contributed by atoms with Crippen molar-refractivity contribution in [2.75, 3.05) is 5.88 Å². The number of hydrogen-bond donors (Lipinski definition) is 0. The average Bonchev–Trinajstić information content (AvgIpc) is 1.61. The molecule has 0 aliphatic rings. The van der Waals surface area contributed by atoms with Crippen LogP contribution in [-0.2, 0) is 20.1 Å². The van der Waals surface area contributed by atoms with E-state index in [1.165, 1.54) is 19.3 Å². The molecule has 0 spiro atoms. The van der Waals surface area contributed by atoms with Gasteiger partial charge in [-0.3, -0.25) is 0 Å². The second-order valence-corrected chi connectivity index (χ2v) is 1.77. The molecule has 0 amide bonds. The summed E-state index contributed by atoms with van der Waals surface area (Å²) in [5.41, 5.74) is 0. The molecule has 0 aromatic rings. The molecule has 7 heavy (non-hydrogen) atoms. The van der Waals surface area contributed by atoms with E-state index in [1.54, 1.807) is 0 Å². The van der Waals surface area contributed by atoms with Crippen molar-refractivity contribution in [3.63, 3.8) is 0 Å². The Morgan fingerprint density at radius 1 is 1.29 bits per heavy atom. The van der Waals surface area contributed by atoms with Gasteiger partial charge in [-0.15, -0.1) is 11.6 Å². The molecule has 0 N–H and O–H groups in total. The predicted molar refractivity (Wildman–Crippen MR) is 30.2 cm³/mol. The third kappa shape index (κ3) is 10.9. The maximum atomic E-state index is 5.38. The minimum Gasteiger partial charge on any atom is -0.127 e. The second kappa shape index (κ2) is 10.0. The molecule has 0 nitrogen and oxygen atoms in total. The zero-order valence-corrected chi connectivity index (χ0v) is 7.69. The summed E-state index contributed by atoms with van der Waals surface area (Å²) in [6.07, 6.45) is 3.73. The first-order chi connectivity index (χ1) is 2.91. The largest absolute Gasteiger partial charge is 0.127 e. The van der Waals surface area contributed by atoms with Gasteiger partial charge in [0, 0.05) is 26.0 Å². The third-order valence-electron chi connectivity index (χ3n) is 0.737. The van der Waals surface area contributed by atoms with Crippen LogP contribution in [0.4, 0.5) is 0 Å². The van der Waals surface area contributed by atoms with Crippen LogP contribution in [0.5, 0.6) is 0 Å². The maximum absolute atomic E-state index is 5.38. The Labute approximate surface area is 64.0 Å². The fourth-order valence-corrected chi connectivity index (χ4v) is 0.533. The summed E-state index contributed by atoms with van der Waals surface area (Å²) in [4.78, 5) is 0. The van der Waals surface area contributed by atoms with E-state index >= 15 is 0 Å². The predicted octanol–water partition coefficient (Wildman–Crippen LogP) is 2.41. The standard InChI is InChI=1S/C5H11Cl.Ir/c1-2-3-4-5-6;/h2-5H2,1H3;. The molecule has 2 heteroatoms. The van der Waals surface area contributed by atoms with E-state index in [9.17, 15) is 0 Å². The van der Waals surface area contributed by atoms with Gasteiger partial charge in [-0.05, 0) is 6.42 Å². The topological polar surface area (TPSA) is 0 Å². The molecule has 0 saturated heterocycles. The normalized spacial score (nSPS) is 7.71. The van der Waals surface area contributed by atoms with Gasteiger partial charge in [0.15, 0.2) is 0 Å². The van der Waals surface area contributed by atoms with Crippen LogP contribution in [0.15, 0.2) is 0 Å². The van der Waals surface area contributed by atoms with Gasteiger partial charge in [0.2, 0.25) is 0 Å². The van der Waals surface area contributed by atoms with E-state index in [0.29, 0.717) is 0 Å². The van der Waals surface area contributed by atoms with Gasteiger partial charge in [-0.1, -0.05) is 19.8 Å². The van der Waals surface area contributed by atoms with E-state index < -0.39 is 0 Å². The smallest absolute Gasteiger partial charge is 0.0223 e. The first-order valence-corrected chi connectivity index (χ1v) is 3.01. The Morgan fingerprint density at radius 3 is 2.00 bits per heavy atom. The summed E-state index contributed by atoms with van der Waals surface area (Å²) in [6.45, 7) is 2.17. The molecule has 0 aromatic carbocycles. The number of rotatable bonds is 3. The van der Waals surface area contributed by atoms with Gasteiger partial charge >= 0.3 is 0 Å². The summed E-state index contributed by atoms with van der Waals surface area (Å²) in [5, 5.41) is 0. The molecular weight excluding hydrogens is 288 g/mol. The molecule has 47 valence electrons. The summed E-state index contributed by atoms with van der Waals surface area (Å²) >= 11 is 5.38. The summed E-state index contributed by atoms with van der Waals surface area (Å²) in [5.74, 6) is 0.827. The SMILES string of the molecule is CCCCCCl.[Ir]. The van der Waals surface area contributed by atoms with Crippen LogP contribution in [0, 0.1) is 0 Å². The van der Waals surface area contributed by atoms with Gasteiger partial charge in [0.05, 0.1) is 0 Å².